The summed E-state index contributed by atoms with van der Waals surface area (Å²) < 4.78 is 17.3. The van der Waals surface area contributed by atoms with Crippen LogP contribution in [0.1, 0.15) is 13.3 Å². The molecule has 0 radical (unpaired) electrons. The van der Waals surface area contributed by atoms with Gasteiger partial charge in [-0.15, -0.1) is 0 Å². The lowest BCUT2D eigenvalue weighted by molar-refractivity contribution is 0.217. The second kappa shape index (κ2) is 10.3. The van der Waals surface area contributed by atoms with Gasteiger partial charge in [-0.25, -0.2) is 0 Å². The smallest absolute Gasteiger partial charge is 0.129 e. The summed E-state index contributed by atoms with van der Waals surface area (Å²) in [5, 5.41) is 0. The van der Waals surface area contributed by atoms with Crippen LogP contribution in [0.4, 0.5) is 5.69 Å². The van der Waals surface area contributed by atoms with Crippen LogP contribution in [0.15, 0.2) is 78.9 Å². The van der Waals surface area contributed by atoms with E-state index in [-0.39, 0.29) is 0 Å². The summed E-state index contributed by atoms with van der Waals surface area (Å²) in [6.07, 6.45) is 1.11. The zero-order valence-electron chi connectivity index (χ0n) is 16.5. The van der Waals surface area contributed by atoms with Gasteiger partial charge in [0.05, 0.1) is 0 Å². The van der Waals surface area contributed by atoms with Gasteiger partial charge >= 0.3 is 0 Å². The van der Waals surface area contributed by atoms with E-state index in [0.717, 1.165) is 41.7 Å². The van der Waals surface area contributed by atoms with Crippen molar-refractivity contribution in [3.8, 4) is 23.0 Å². The van der Waals surface area contributed by atoms with Crippen LogP contribution < -0.4 is 19.1 Å². The summed E-state index contributed by atoms with van der Waals surface area (Å²) in [4.78, 5) is 2.22. The number of para-hydroxylation sites is 1. The van der Waals surface area contributed by atoms with Crippen LogP contribution >= 0.6 is 0 Å². The zero-order valence-corrected chi connectivity index (χ0v) is 16.5. The predicted molar refractivity (Wildman–Crippen MR) is 114 cm³/mol. The second-order valence-electron chi connectivity index (χ2n) is 6.50. The Balaban J connectivity index is 1.48. The van der Waals surface area contributed by atoms with Gasteiger partial charge in [0.15, 0.2) is 0 Å². The molecule has 4 heteroatoms. The van der Waals surface area contributed by atoms with Crippen molar-refractivity contribution in [2.24, 2.45) is 0 Å². The maximum atomic E-state index is 5.98. The average molecular weight is 377 g/mol. The summed E-state index contributed by atoms with van der Waals surface area (Å²) >= 11 is 0. The third kappa shape index (κ3) is 5.95. The highest BCUT2D eigenvalue weighted by molar-refractivity contribution is 5.51. The number of ether oxygens (including phenoxy) is 3. The topological polar surface area (TPSA) is 30.9 Å². The Morgan fingerprint density at radius 2 is 1.29 bits per heavy atom. The first-order chi connectivity index (χ1) is 13.7. The van der Waals surface area contributed by atoms with Crippen molar-refractivity contribution >= 4 is 5.69 Å². The Hall–Kier alpha value is -3.14. The van der Waals surface area contributed by atoms with Gasteiger partial charge in [-0.05, 0) is 55.0 Å². The molecule has 4 nitrogen and oxygen atoms in total. The van der Waals surface area contributed by atoms with Crippen molar-refractivity contribution in [2.45, 2.75) is 13.3 Å². The fourth-order valence-electron chi connectivity index (χ4n) is 2.82. The fourth-order valence-corrected chi connectivity index (χ4v) is 2.82. The quantitative estimate of drug-likeness (QED) is 0.419. The van der Waals surface area contributed by atoms with E-state index in [4.69, 9.17) is 14.2 Å². The van der Waals surface area contributed by atoms with Crippen LogP contribution in [0.2, 0.25) is 0 Å². The second-order valence-corrected chi connectivity index (χ2v) is 6.50. The molecule has 3 aromatic carbocycles. The summed E-state index contributed by atoms with van der Waals surface area (Å²) in [6, 6.07) is 25.5. The molecule has 0 fully saturated rings. The van der Waals surface area contributed by atoms with Crippen molar-refractivity contribution < 1.29 is 14.2 Å². The first-order valence-electron chi connectivity index (χ1n) is 9.64. The predicted octanol–water partition coefficient (Wildman–Crippen LogP) is 5.78. The molecular formula is C24H27NO3. The number of hydrogen-bond acceptors (Lipinski definition) is 4. The Kier molecular flexibility index (Phi) is 7.19. The number of anilines is 1. The molecule has 28 heavy (non-hydrogen) atoms. The Labute approximate surface area is 167 Å². The SMILES string of the molecule is CCCN(C)c1cccc(Oc2ccc(OCCOc3ccccc3)cc2)c1. The van der Waals surface area contributed by atoms with Crippen LogP contribution in [-0.2, 0) is 0 Å². The van der Waals surface area contributed by atoms with Gasteiger partial charge in [0.1, 0.15) is 36.2 Å². The first-order valence-corrected chi connectivity index (χ1v) is 9.64. The average Bonchev–Trinajstić information content (AvgIpc) is 2.73. The highest BCUT2D eigenvalue weighted by Crippen LogP contribution is 2.27. The number of benzene rings is 3. The van der Waals surface area contributed by atoms with Gasteiger partial charge in [0.2, 0.25) is 0 Å². The minimum absolute atomic E-state index is 0.487. The summed E-state index contributed by atoms with van der Waals surface area (Å²) in [5.74, 6) is 3.25. The molecule has 0 heterocycles. The third-order valence-electron chi connectivity index (χ3n) is 4.24. The molecule has 0 unspecified atom stereocenters. The minimum Gasteiger partial charge on any atom is -0.490 e. The monoisotopic (exact) mass is 377 g/mol. The van der Waals surface area contributed by atoms with E-state index in [1.807, 2.05) is 66.7 Å². The largest absolute Gasteiger partial charge is 0.490 e. The van der Waals surface area contributed by atoms with E-state index in [9.17, 15) is 0 Å². The van der Waals surface area contributed by atoms with Gasteiger partial charge in [-0.2, -0.15) is 0 Å². The standard InChI is InChI=1S/C24H27NO3/c1-3-16-25(2)20-8-7-11-24(19-20)28-23-14-12-22(13-15-23)27-18-17-26-21-9-5-4-6-10-21/h4-15,19H,3,16-18H2,1-2H3. The van der Waals surface area contributed by atoms with E-state index >= 15 is 0 Å². The lowest BCUT2D eigenvalue weighted by atomic mass is 10.2. The number of rotatable bonds is 10. The molecule has 0 saturated carbocycles. The highest BCUT2D eigenvalue weighted by atomic mass is 16.5. The van der Waals surface area contributed by atoms with Crippen LogP contribution in [0, 0.1) is 0 Å². The van der Waals surface area contributed by atoms with Crippen molar-refractivity contribution in [1.82, 2.24) is 0 Å². The van der Waals surface area contributed by atoms with E-state index in [0.29, 0.717) is 13.2 Å². The van der Waals surface area contributed by atoms with Crippen molar-refractivity contribution in [1.29, 1.82) is 0 Å². The normalized spacial score (nSPS) is 10.4. The van der Waals surface area contributed by atoms with Crippen LogP contribution in [-0.4, -0.2) is 26.8 Å². The lowest BCUT2D eigenvalue weighted by Gasteiger charge is -2.19. The van der Waals surface area contributed by atoms with E-state index < -0.39 is 0 Å². The number of hydrogen-bond donors (Lipinski definition) is 0. The Morgan fingerprint density at radius 3 is 1.96 bits per heavy atom. The molecule has 0 bridgehead atoms. The molecule has 3 rings (SSSR count). The molecule has 0 N–H and O–H groups in total. The molecule has 0 aliphatic carbocycles. The van der Waals surface area contributed by atoms with E-state index in [2.05, 4.69) is 31.0 Å². The summed E-state index contributed by atoms with van der Waals surface area (Å²) in [7, 11) is 2.09. The molecule has 3 aromatic rings. The molecule has 146 valence electrons. The molecule has 0 aliphatic heterocycles. The van der Waals surface area contributed by atoms with E-state index in [1.54, 1.807) is 0 Å². The maximum absolute atomic E-state index is 5.98. The highest BCUT2D eigenvalue weighted by Gasteiger charge is 2.03. The molecule has 0 saturated heterocycles. The molecule has 0 amide bonds. The Morgan fingerprint density at radius 1 is 0.679 bits per heavy atom. The van der Waals surface area contributed by atoms with Crippen molar-refractivity contribution in [3.63, 3.8) is 0 Å². The van der Waals surface area contributed by atoms with E-state index in [1.165, 1.54) is 0 Å². The van der Waals surface area contributed by atoms with Crippen molar-refractivity contribution in [3.05, 3.63) is 78.9 Å². The van der Waals surface area contributed by atoms with Gasteiger partial charge in [-0.1, -0.05) is 31.2 Å². The minimum atomic E-state index is 0.487. The molecule has 0 aromatic heterocycles. The van der Waals surface area contributed by atoms with Gasteiger partial charge < -0.3 is 19.1 Å². The molecule has 0 atom stereocenters. The van der Waals surface area contributed by atoms with Gasteiger partial charge in [-0.3, -0.25) is 0 Å². The third-order valence-corrected chi connectivity index (χ3v) is 4.24. The summed E-state index contributed by atoms with van der Waals surface area (Å²) in [6.45, 7) is 4.18. The first kappa shape index (κ1) is 19.6. The lowest BCUT2D eigenvalue weighted by Crippen LogP contribution is -2.17. The molecule has 0 spiro atoms. The molecule has 0 aliphatic rings. The fraction of sp³-hybridized carbons (Fsp3) is 0.250. The van der Waals surface area contributed by atoms with Gasteiger partial charge in [0, 0.05) is 25.3 Å². The van der Waals surface area contributed by atoms with Gasteiger partial charge in [0.25, 0.3) is 0 Å². The van der Waals surface area contributed by atoms with Crippen LogP contribution in [0.3, 0.4) is 0 Å². The number of nitrogens with zero attached hydrogens (tertiary/aromatic N) is 1. The van der Waals surface area contributed by atoms with Crippen molar-refractivity contribution in [2.75, 3.05) is 31.7 Å². The summed E-state index contributed by atoms with van der Waals surface area (Å²) in [5.41, 5.74) is 1.15. The Bertz CT molecular complexity index is 834. The van der Waals surface area contributed by atoms with Crippen LogP contribution in [0.5, 0.6) is 23.0 Å². The van der Waals surface area contributed by atoms with Crippen LogP contribution in [0.25, 0.3) is 0 Å². The maximum Gasteiger partial charge on any atom is 0.129 e. The molecular weight excluding hydrogens is 350 g/mol. The zero-order chi connectivity index (χ0) is 19.6.